The second kappa shape index (κ2) is 10.6. The summed E-state index contributed by atoms with van der Waals surface area (Å²) in [5.74, 6) is -2.12. The number of rotatable bonds is 7. The Kier molecular flexibility index (Phi) is 7.07. The maximum atomic E-state index is 14.7. The highest BCUT2D eigenvalue weighted by atomic mass is 19.3. The third-order valence-corrected chi connectivity index (χ3v) is 6.35. The molecular weight excluding hydrogens is 506 g/mol. The first kappa shape index (κ1) is 25.4. The van der Waals surface area contributed by atoms with Gasteiger partial charge in [0.1, 0.15) is 17.3 Å². The number of anilines is 1. The van der Waals surface area contributed by atoms with Crippen LogP contribution in [-0.4, -0.2) is 55.1 Å². The largest absolute Gasteiger partial charge is 0.415 e. The summed E-state index contributed by atoms with van der Waals surface area (Å²) in [4.78, 5) is 13.3. The van der Waals surface area contributed by atoms with E-state index < -0.39 is 24.0 Å². The van der Waals surface area contributed by atoms with E-state index >= 15 is 0 Å². The molecule has 4 aromatic rings. The first-order valence-electron chi connectivity index (χ1n) is 11.9. The van der Waals surface area contributed by atoms with Gasteiger partial charge >= 0.3 is 6.43 Å². The normalized spacial score (nSPS) is 14.3. The molecule has 38 heavy (non-hydrogen) atoms. The van der Waals surface area contributed by atoms with Crippen LogP contribution in [-0.2, 0) is 11.3 Å². The first-order chi connectivity index (χ1) is 18.3. The zero-order valence-electron chi connectivity index (χ0n) is 20.2. The molecule has 2 aromatic heterocycles. The van der Waals surface area contributed by atoms with E-state index in [0.717, 1.165) is 24.6 Å². The number of nitrogens with zero attached hydrogens (tertiary/aromatic N) is 6. The molecule has 0 radical (unpaired) electrons. The number of nitrogens with one attached hydrogen (secondary N) is 1. The molecule has 0 aliphatic carbocycles. The van der Waals surface area contributed by atoms with Gasteiger partial charge in [0.25, 0.3) is 5.89 Å². The fraction of sp³-hybridized carbons (Fsp3) is 0.320. The number of aromatic nitrogens is 5. The zero-order chi connectivity index (χ0) is 26.8. The molecule has 1 N–H and O–H groups in total. The van der Waals surface area contributed by atoms with Crippen LogP contribution < -0.4 is 5.32 Å². The van der Waals surface area contributed by atoms with Crippen LogP contribution in [0.25, 0.3) is 22.7 Å². The van der Waals surface area contributed by atoms with Gasteiger partial charge in [0.15, 0.2) is 0 Å². The summed E-state index contributed by atoms with van der Waals surface area (Å²) in [7, 11) is 0. The minimum atomic E-state index is -2.92. The third-order valence-electron chi connectivity index (χ3n) is 6.35. The van der Waals surface area contributed by atoms with Crippen LogP contribution in [0.5, 0.6) is 0 Å². The fourth-order valence-electron chi connectivity index (χ4n) is 4.31. The van der Waals surface area contributed by atoms with Gasteiger partial charge in [0.2, 0.25) is 11.8 Å². The molecule has 198 valence electrons. The standard InChI is InChI=1S/C25H23F4N7O2/c1-14(37)35-8-6-17(7-9-35)30-18-4-5-20(26)19(11-18)22-13-36(34-31-22)12-16-3-2-15(10-21(16)27)24-32-33-25(38-24)23(28)29/h2-5,10-11,13,17,23,30H,6-9,12H2,1H3. The van der Waals surface area contributed by atoms with E-state index in [9.17, 15) is 22.4 Å². The van der Waals surface area contributed by atoms with Crippen LogP contribution in [0.4, 0.5) is 23.2 Å². The molecule has 5 rings (SSSR count). The van der Waals surface area contributed by atoms with E-state index in [-0.39, 0.29) is 46.8 Å². The maximum absolute atomic E-state index is 14.7. The lowest BCUT2D eigenvalue weighted by Crippen LogP contribution is -2.41. The number of amides is 1. The number of piperidine rings is 1. The molecule has 1 saturated heterocycles. The highest BCUT2D eigenvalue weighted by molar-refractivity contribution is 5.73. The predicted octanol–water partition coefficient (Wildman–Crippen LogP) is 4.68. The second-order valence-electron chi connectivity index (χ2n) is 8.97. The molecule has 1 amide bonds. The van der Waals surface area contributed by atoms with Crippen molar-refractivity contribution in [2.75, 3.05) is 18.4 Å². The molecule has 2 aromatic carbocycles. The lowest BCUT2D eigenvalue weighted by atomic mass is 10.0. The van der Waals surface area contributed by atoms with Gasteiger partial charge in [-0.3, -0.25) is 4.79 Å². The van der Waals surface area contributed by atoms with Gasteiger partial charge in [-0.15, -0.1) is 15.3 Å². The predicted molar refractivity (Wildman–Crippen MR) is 128 cm³/mol. The van der Waals surface area contributed by atoms with E-state index in [1.165, 1.54) is 29.1 Å². The summed E-state index contributed by atoms with van der Waals surface area (Å²) < 4.78 is 61.0. The van der Waals surface area contributed by atoms with Crippen LogP contribution in [0.2, 0.25) is 0 Å². The van der Waals surface area contributed by atoms with Gasteiger partial charge in [-0.2, -0.15) is 8.78 Å². The monoisotopic (exact) mass is 529 g/mol. The molecule has 1 aliphatic heterocycles. The lowest BCUT2D eigenvalue weighted by molar-refractivity contribution is -0.129. The number of likely N-dealkylation sites (tertiary alicyclic amines) is 1. The maximum Gasteiger partial charge on any atom is 0.314 e. The molecule has 0 saturated carbocycles. The van der Waals surface area contributed by atoms with E-state index in [1.807, 2.05) is 0 Å². The Morgan fingerprint density at radius 1 is 1.08 bits per heavy atom. The zero-order valence-corrected chi connectivity index (χ0v) is 20.2. The SMILES string of the molecule is CC(=O)N1CCC(Nc2ccc(F)c(-c3cn(Cc4ccc(-c5nnc(C(F)F)o5)cc4F)nn3)c2)CC1. The van der Waals surface area contributed by atoms with Crippen molar-refractivity contribution in [2.24, 2.45) is 0 Å². The van der Waals surface area contributed by atoms with Gasteiger partial charge in [-0.25, -0.2) is 13.5 Å². The Labute approximate surface area is 214 Å². The van der Waals surface area contributed by atoms with Crippen molar-refractivity contribution >= 4 is 11.6 Å². The number of benzene rings is 2. The summed E-state index contributed by atoms with van der Waals surface area (Å²) in [5.41, 5.74) is 1.63. The van der Waals surface area contributed by atoms with E-state index in [1.54, 1.807) is 24.0 Å². The van der Waals surface area contributed by atoms with Crippen LogP contribution in [0.3, 0.4) is 0 Å². The first-order valence-corrected chi connectivity index (χ1v) is 11.9. The second-order valence-corrected chi connectivity index (χ2v) is 8.97. The van der Waals surface area contributed by atoms with Gasteiger partial charge in [-0.05, 0) is 43.2 Å². The van der Waals surface area contributed by atoms with Gasteiger partial charge in [0.05, 0.1) is 12.7 Å². The number of carbonyl (C=O) groups excluding carboxylic acids is 1. The number of alkyl halides is 2. The van der Waals surface area contributed by atoms with Gasteiger partial charge in [0, 0.05) is 48.4 Å². The molecule has 1 aliphatic rings. The smallest absolute Gasteiger partial charge is 0.314 e. The van der Waals surface area contributed by atoms with Crippen LogP contribution >= 0.6 is 0 Å². The molecule has 0 spiro atoms. The van der Waals surface area contributed by atoms with E-state index in [4.69, 9.17) is 4.42 Å². The Morgan fingerprint density at radius 3 is 2.55 bits per heavy atom. The third kappa shape index (κ3) is 5.50. The van der Waals surface area contributed by atoms with Gasteiger partial charge in [-0.1, -0.05) is 11.3 Å². The van der Waals surface area contributed by atoms with Crippen LogP contribution in [0.1, 0.15) is 37.6 Å². The van der Waals surface area contributed by atoms with Crippen molar-refractivity contribution in [3.8, 4) is 22.7 Å². The summed E-state index contributed by atoms with van der Waals surface area (Å²) >= 11 is 0. The van der Waals surface area contributed by atoms with E-state index in [2.05, 4.69) is 25.8 Å². The Morgan fingerprint density at radius 2 is 1.87 bits per heavy atom. The summed E-state index contributed by atoms with van der Waals surface area (Å²) in [5, 5.41) is 18.2. The summed E-state index contributed by atoms with van der Waals surface area (Å²) in [6.45, 7) is 2.89. The lowest BCUT2D eigenvalue weighted by Gasteiger charge is -2.32. The van der Waals surface area contributed by atoms with Crippen molar-refractivity contribution in [3.63, 3.8) is 0 Å². The van der Waals surface area contributed by atoms with Crippen molar-refractivity contribution < 1.29 is 26.8 Å². The van der Waals surface area contributed by atoms with Crippen LogP contribution in [0, 0.1) is 11.6 Å². The molecule has 0 unspecified atom stereocenters. The van der Waals surface area contributed by atoms with Gasteiger partial charge < -0.3 is 14.6 Å². The number of carbonyl (C=O) groups is 1. The Balaban J connectivity index is 1.27. The Hall–Kier alpha value is -4.29. The van der Waals surface area contributed by atoms with Crippen molar-refractivity contribution in [3.05, 3.63) is 65.7 Å². The molecule has 1 fully saturated rings. The molecule has 0 bridgehead atoms. The summed E-state index contributed by atoms with van der Waals surface area (Å²) in [6, 6.07) is 8.80. The minimum absolute atomic E-state index is 0.000483. The number of halogens is 4. The van der Waals surface area contributed by atoms with Crippen molar-refractivity contribution in [1.82, 2.24) is 30.1 Å². The topological polar surface area (TPSA) is 102 Å². The van der Waals surface area contributed by atoms with Crippen molar-refractivity contribution in [1.29, 1.82) is 0 Å². The molecule has 13 heteroatoms. The molecule has 9 nitrogen and oxygen atoms in total. The molecule has 0 atom stereocenters. The van der Waals surface area contributed by atoms with Crippen LogP contribution in [0.15, 0.2) is 47.0 Å². The molecular formula is C25H23F4N7O2. The highest BCUT2D eigenvalue weighted by Gasteiger charge is 2.21. The summed E-state index contributed by atoms with van der Waals surface area (Å²) in [6.07, 6.45) is 0.155. The fourth-order valence-corrected chi connectivity index (χ4v) is 4.31. The molecule has 3 heterocycles. The number of hydrogen-bond donors (Lipinski definition) is 1. The number of hydrogen-bond acceptors (Lipinski definition) is 7. The van der Waals surface area contributed by atoms with E-state index in [0.29, 0.717) is 13.1 Å². The highest BCUT2D eigenvalue weighted by Crippen LogP contribution is 2.27. The minimum Gasteiger partial charge on any atom is -0.415 e. The Bertz CT molecular complexity index is 1450. The average molecular weight is 529 g/mol. The quantitative estimate of drug-likeness (QED) is 0.347. The van der Waals surface area contributed by atoms with Crippen molar-refractivity contribution in [2.45, 2.75) is 38.8 Å². The average Bonchev–Trinajstić information content (AvgIpc) is 3.57.